The molecule has 2 aromatic carbocycles. The molecule has 5 heteroatoms. The number of nitrogens with zero attached hydrogens (tertiary/aromatic N) is 1. The Labute approximate surface area is 134 Å². The molecule has 5 nitrogen and oxygen atoms in total. The Morgan fingerprint density at radius 3 is 2.91 bits per heavy atom. The summed E-state index contributed by atoms with van der Waals surface area (Å²) in [5.74, 6) is 0.698. The van der Waals surface area contributed by atoms with Gasteiger partial charge in [0, 0.05) is 12.0 Å². The van der Waals surface area contributed by atoms with Crippen molar-refractivity contribution < 1.29 is 14.3 Å². The molecule has 0 unspecified atom stereocenters. The smallest absolute Gasteiger partial charge is 0.407 e. The number of hydrogen-bond donors (Lipinski definition) is 1. The highest BCUT2D eigenvalue weighted by atomic mass is 16.5. The molecule has 1 heterocycles. The lowest BCUT2D eigenvalue weighted by Gasteiger charge is -2.26. The number of amides is 1. The van der Waals surface area contributed by atoms with Crippen molar-refractivity contribution in [3.63, 3.8) is 0 Å². The van der Waals surface area contributed by atoms with Crippen molar-refractivity contribution in [1.29, 1.82) is 5.26 Å². The molecule has 0 aliphatic carbocycles. The molecule has 1 aliphatic heterocycles. The number of alkyl carbamates (subject to hydrolysis) is 1. The first kappa shape index (κ1) is 14.9. The van der Waals surface area contributed by atoms with E-state index >= 15 is 0 Å². The quantitative estimate of drug-likeness (QED) is 0.944. The van der Waals surface area contributed by atoms with Gasteiger partial charge in [-0.05, 0) is 23.8 Å². The molecule has 0 bridgehead atoms. The lowest BCUT2D eigenvalue weighted by molar-refractivity contribution is 0.131. The van der Waals surface area contributed by atoms with Gasteiger partial charge in [0.15, 0.2) is 0 Å². The van der Waals surface area contributed by atoms with Crippen molar-refractivity contribution >= 4 is 6.09 Å². The number of carbonyl (C=O) groups excluding carboxylic acids is 1. The van der Waals surface area contributed by atoms with Crippen LogP contribution >= 0.6 is 0 Å². The number of ether oxygens (including phenoxy) is 2. The average molecular weight is 308 g/mol. The van der Waals surface area contributed by atoms with E-state index in [0.29, 0.717) is 24.3 Å². The van der Waals surface area contributed by atoms with Gasteiger partial charge in [0.05, 0.1) is 24.3 Å². The van der Waals surface area contributed by atoms with E-state index in [-0.39, 0.29) is 12.6 Å². The van der Waals surface area contributed by atoms with E-state index in [1.165, 1.54) is 0 Å². The molecule has 1 N–H and O–H groups in total. The highest BCUT2D eigenvalue weighted by Crippen LogP contribution is 2.32. The van der Waals surface area contributed by atoms with E-state index in [2.05, 4.69) is 11.4 Å². The van der Waals surface area contributed by atoms with Crippen LogP contribution in [-0.2, 0) is 11.3 Å². The molecule has 0 aromatic heterocycles. The van der Waals surface area contributed by atoms with Crippen molar-refractivity contribution in [3.05, 3.63) is 65.2 Å². The van der Waals surface area contributed by atoms with Gasteiger partial charge in [-0.25, -0.2) is 4.79 Å². The topological polar surface area (TPSA) is 71.4 Å². The number of hydrogen-bond acceptors (Lipinski definition) is 4. The summed E-state index contributed by atoms with van der Waals surface area (Å²) in [7, 11) is 0. The van der Waals surface area contributed by atoms with Gasteiger partial charge in [-0.2, -0.15) is 5.26 Å². The van der Waals surface area contributed by atoms with E-state index < -0.39 is 6.09 Å². The van der Waals surface area contributed by atoms with Crippen LogP contribution in [0.1, 0.15) is 29.2 Å². The minimum atomic E-state index is -0.478. The van der Waals surface area contributed by atoms with Gasteiger partial charge < -0.3 is 14.8 Å². The van der Waals surface area contributed by atoms with Gasteiger partial charge in [0.2, 0.25) is 0 Å². The number of fused-ring (bicyclic) bond motifs is 1. The molecule has 0 fully saturated rings. The molecule has 3 rings (SSSR count). The minimum Gasteiger partial charge on any atom is -0.493 e. The van der Waals surface area contributed by atoms with Gasteiger partial charge in [-0.3, -0.25) is 0 Å². The van der Waals surface area contributed by atoms with Crippen molar-refractivity contribution in [2.24, 2.45) is 0 Å². The summed E-state index contributed by atoms with van der Waals surface area (Å²) in [6, 6.07) is 16.6. The zero-order valence-electron chi connectivity index (χ0n) is 12.5. The third kappa shape index (κ3) is 3.61. The number of carbonyl (C=O) groups is 1. The highest BCUT2D eigenvalue weighted by Gasteiger charge is 2.24. The molecule has 116 valence electrons. The van der Waals surface area contributed by atoms with Crippen molar-refractivity contribution in [2.45, 2.75) is 19.1 Å². The fourth-order valence-electron chi connectivity index (χ4n) is 2.52. The van der Waals surface area contributed by atoms with E-state index in [1.54, 1.807) is 18.2 Å². The second-order valence-corrected chi connectivity index (χ2v) is 5.26. The summed E-state index contributed by atoms with van der Waals surface area (Å²) in [5.41, 5.74) is 2.28. The van der Waals surface area contributed by atoms with Crippen LogP contribution in [0.15, 0.2) is 48.5 Å². The van der Waals surface area contributed by atoms with Crippen molar-refractivity contribution in [3.8, 4) is 11.8 Å². The number of benzene rings is 2. The SMILES string of the molecule is N#Cc1ccc2c(c1)[C@@H](NC(=O)OCc1ccccc1)CCO2. The Morgan fingerprint density at radius 1 is 1.30 bits per heavy atom. The fourth-order valence-corrected chi connectivity index (χ4v) is 2.52. The van der Waals surface area contributed by atoms with Crippen LogP contribution in [0.25, 0.3) is 0 Å². The Hall–Kier alpha value is -3.00. The Morgan fingerprint density at radius 2 is 2.13 bits per heavy atom. The standard InChI is InChI=1S/C18H16N2O3/c19-11-14-6-7-17-15(10-14)16(8-9-22-17)20-18(21)23-12-13-4-2-1-3-5-13/h1-7,10,16H,8-9,12H2,(H,20,21)/t16-/m0/s1. The predicted octanol–water partition coefficient (Wildman–Crippen LogP) is 3.31. The van der Waals surface area contributed by atoms with Crippen LogP contribution in [0.5, 0.6) is 5.75 Å². The largest absolute Gasteiger partial charge is 0.493 e. The predicted molar refractivity (Wildman–Crippen MR) is 83.8 cm³/mol. The second-order valence-electron chi connectivity index (χ2n) is 5.26. The maximum atomic E-state index is 12.0. The molecule has 2 aromatic rings. The Balaban J connectivity index is 1.65. The summed E-state index contributed by atoms with van der Waals surface area (Å²) < 4.78 is 10.8. The number of nitriles is 1. The van der Waals surface area contributed by atoms with Gasteiger partial charge in [-0.15, -0.1) is 0 Å². The zero-order chi connectivity index (χ0) is 16.1. The Kier molecular flexibility index (Phi) is 4.44. The second kappa shape index (κ2) is 6.84. The van der Waals surface area contributed by atoms with Crippen LogP contribution in [0, 0.1) is 11.3 Å². The van der Waals surface area contributed by atoms with Crippen LogP contribution in [0.3, 0.4) is 0 Å². The Bertz CT molecular complexity index is 738. The molecule has 0 saturated heterocycles. The summed E-state index contributed by atoms with van der Waals surface area (Å²) >= 11 is 0. The van der Waals surface area contributed by atoms with E-state index in [0.717, 1.165) is 11.1 Å². The van der Waals surface area contributed by atoms with Crippen LogP contribution in [0.4, 0.5) is 4.79 Å². The van der Waals surface area contributed by atoms with Gasteiger partial charge in [0.25, 0.3) is 0 Å². The third-order valence-corrected chi connectivity index (χ3v) is 3.68. The highest BCUT2D eigenvalue weighted by molar-refractivity contribution is 5.68. The monoisotopic (exact) mass is 308 g/mol. The normalized spacial score (nSPS) is 15.7. The molecule has 23 heavy (non-hydrogen) atoms. The maximum Gasteiger partial charge on any atom is 0.407 e. The molecule has 0 radical (unpaired) electrons. The van der Waals surface area contributed by atoms with Gasteiger partial charge >= 0.3 is 6.09 Å². The van der Waals surface area contributed by atoms with Crippen LogP contribution in [-0.4, -0.2) is 12.7 Å². The third-order valence-electron chi connectivity index (χ3n) is 3.68. The first-order valence-corrected chi connectivity index (χ1v) is 7.40. The summed E-state index contributed by atoms with van der Waals surface area (Å²) in [6.07, 6.45) is 0.163. The number of nitrogens with one attached hydrogen (secondary N) is 1. The fraction of sp³-hybridized carbons (Fsp3) is 0.222. The van der Waals surface area contributed by atoms with E-state index in [9.17, 15) is 4.79 Å². The molecular weight excluding hydrogens is 292 g/mol. The summed E-state index contributed by atoms with van der Waals surface area (Å²) in [4.78, 5) is 12.0. The maximum absolute atomic E-state index is 12.0. The minimum absolute atomic E-state index is 0.213. The summed E-state index contributed by atoms with van der Waals surface area (Å²) in [5, 5.41) is 11.9. The van der Waals surface area contributed by atoms with E-state index in [1.807, 2.05) is 30.3 Å². The van der Waals surface area contributed by atoms with E-state index in [4.69, 9.17) is 14.7 Å². The first-order chi connectivity index (χ1) is 11.3. The lowest BCUT2D eigenvalue weighted by atomic mass is 9.99. The molecular formula is C18H16N2O3. The first-order valence-electron chi connectivity index (χ1n) is 7.40. The average Bonchev–Trinajstić information content (AvgIpc) is 2.61. The summed E-state index contributed by atoms with van der Waals surface area (Å²) in [6.45, 7) is 0.740. The number of rotatable bonds is 3. The molecule has 1 atom stereocenters. The molecule has 1 aliphatic rings. The molecule has 0 saturated carbocycles. The molecule has 0 spiro atoms. The van der Waals surface area contributed by atoms with Crippen LogP contribution in [0.2, 0.25) is 0 Å². The zero-order valence-corrected chi connectivity index (χ0v) is 12.5. The lowest BCUT2D eigenvalue weighted by Crippen LogP contribution is -2.32. The van der Waals surface area contributed by atoms with Crippen LogP contribution < -0.4 is 10.1 Å². The van der Waals surface area contributed by atoms with Gasteiger partial charge in [0.1, 0.15) is 12.4 Å². The molecule has 1 amide bonds. The van der Waals surface area contributed by atoms with Gasteiger partial charge in [-0.1, -0.05) is 30.3 Å². The van der Waals surface area contributed by atoms with Crippen molar-refractivity contribution in [2.75, 3.05) is 6.61 Å². The van der Waals surface area contributed by atoms with Crippen molar-refractivity contribution in [1.82, 2.24) is 5.32 Å².